The van der Waals surface area contributed by atoms with E-state index in [1.54, 1.807) is 54.6 Å². The maximum atomic E-state index is 13.4. The number of halogens is 3. The van der Waals surface area contributed by atoms with E-state index in [-0.39, 0.29) is 5.01 Å². The van der Waals surface area contributed by atoms with Gasteiger partial charge in [-0.05, 0) is 24.3 Å². The van der Waals surface area contributed by atoms with Gasteiger partial charge in [0.1, 0.15) is 9.88 Å². The number of benzene rings is 2. The average molecular weight is 391 g/mol. The fourth-order valence-corrected chi connectivity index (χ4v) is 3.39. The van der Waals surface area contributed by atoms with Crippen LogP contribution in [0.15, 0.2) is 54.6 Å². The number of hydrogen-bond donors (Lipinski definition) is 1. The van der Waals surface area contributed by atoms with Gasteiger partial charge in [0.25, 0.3) is 5.91 Å². The molecular weight excluding hydrogens is 375 g/mol. The van der Waals surface area contributed by atoms with Crippen molar-refractivity contribution < 1.29 is 18.0 Å². The van der Waals surface area contributed by atoms with Gasteiger partial charge in [-0.25, -0.2) is 4.98 Å². The predicted octanol–water partition coefficient (Wildman–Crippen LogP) is 5.15. The molecule has 0 aliphatic rings. The van der Waals surface area contributed by atoms with E-state index in [0.717, 1.165) is 17.0 Å². The molecule has 4 nitrogen and oxygen atoms in total. The molecule has 0 bridgehead atoms. The van der Waals surface area contributed by atoms with Gasteiger partial charge in [0.15, 0.2) is 5.69 Å². The highest BCUT2D eigenvalue weighted by molar-refractivity contribution is 7.17. The Morgan fingerprint density at radius 3 is 2.22 bits per heavy atom. The van der Waals surface area contributed by atoms with E-state index < -0.39 is 22.7 Å². The zero-order valence-electron chi connectivity index (χ0n) is 14.5. The maximum absolute atomic E-state index is 13.4. The topological polar surface area (TPSA) is 45.2 Å². The summed E-state index contributed by atoms with van der Waals surface area (Å²) in [6.45, 7) is 0. The molecule has 1 amide bonds. The standard InChI is InChI=1S/C19H16F3N3OS/c1-25(2)14-10-8-13(9-11-14)23-17(26)15-16(19(20,21)22)24-18(27-15)12-6-4-3-5-7-12/h3-11H,1-2H3,(H,23,26). The Morgan fingerprint density at radius 1 is 1.04 bits per heavy atom. The number of rotatable bonds is 4. The molecule has 0 aliphatic carbocycles. The first kappa shape index (κ1) is 18.9. The van der Waals surface area contributed by atoms with Crippen LogP contribution in [-0.2, 0) is 6.18 Å². The SMILES string of the molecule is CN(C)c1ccc(NC(=O)c2sc(-c3ccccc3)nc2C(F)(F)F)cc1. The van der Waals surface area contributed by atoms with Crippen LogP contribution in [-0.4, -0.2) is 25.0 Å². The Hall–Kier alpha value is -2.87. The van der Waals surface area contributed by atoms with Crippen molar-refractivity contribution in [1.82, 2.24) is 4.98 Å². The van der Waals surface area contributed by atoms with Crippen molar-refractivity contribution in [3.63, 3.8) is 0 Å². The average Bonchev–Trinajstić information content (AvgIpc) is 3.09. The molecule has 2 aromatic carbocycles. The number of carbonyl (C=O) groups excluding carboxylic acids is 1. The predicted molar refractivity (Wildman–Crippen MR) is 101 cm³/mol. The minimum Gasteiger partial charge on any atom is -0.378 e. The van der Waals surface area contributed by atoms with E-state index in [1.807, 2.05) is 19.0 Å². The third-order valence-corrected chi connectivity index (χ3v) is 4.87. The van der Waals surface area contributed by atoms with Crippen LogP contribution in [0, 0.1) is 0 Å². The molecule has 8 heteroatoms. The largest absolute Gasteiger partial charge is 0.435 e. The van der Waals surface area contributed by atoms with E-state index in [0.29, 0.717) is 11.3 Å². The minimum absolute atomic E-state index is 0.149. The Morgan fingerprint density at radius 2 is 1.67 bits per heavy atom. The fourth-order valence-electron chi connectivity index (χ4n) is 2.40. The van der Waals surface area contributed by atoms with Gasteiger partial charge in [0.2, 0.25) is 0 Å². The molecule has 140 valence electrons. The summed E-state index contributed by atoms with van der Waals surface area (Å²) < 4.78 is 40.1. The Kier molecular flexibility index (Phi) is 5.18. The molecule has 0 unspecified atom stereocenters. The number of hydrogen-bond acceptors (Lipinski definition) is 4. The Balaban J connectivity index is 1.92. The van der Waals surface area contributed by atoms with E-state index >= 15 is 0 Å². The number of thiazole rings is 1. The van der Waals surface area contributed by atoms with E-state index in [4.69, 9.17) is 0 Å². The van der Waals surface area contributed by atoms with E-state index in [1.165, 1.54) is 0 Å². The first-order valence-corrected chi connectivity index (χ1v) is 8.79. The molecule has 0 fully saturated rings. The molecule has 0 atom stereocenters. The van der Waals surface area contributed by atoms with Gasteiger partial charge in [0, 0.05) is 31.0 Å². The minimum atomic E-state index is -4.72. The van der Waals surface area contributed by atoms with Crippen molar-refractivity contribution in [2.24, 2.45) is 0 Å². The van der Waals surface area contributed by atoms with Crippen molar-refractivity contribution in [1.29, 1.82) is 0 Å². The van der Waals surface area contributed by atoms with Gasteiger partial charge in [-0.3, -0.25) is 4.79 Å². The lowest BCUT2D eigenvalue weighted by atomic mass is 10.2. The molecular formula is C19H16F3N3OS. The second kappa shape index (κ2) is 7.40. The van der Waals surface area contributed by atoms with E-state index in [2.05, 4.69) is 10.3 Å². The highest BCUT2D eigenvalue weighted by atomic mass is 32.1. The molecule has 0 spiro atoms. The molecule has 1 heterocycles. The zero-order valence-corrected chi connectivity index (χ0v) is 15.4. The maximum Gasteiger partial charge on any atom is 0.435 e. The van der Waals surface area contributed by atoms with Gasteiger partial charge >= 0.3 is 6.18 Å². The van der Waals surface area contributed by atoms with Crippen molar-refractivity contribution in [2.45, 2.75) is 6.18 Å². The van der Waals surface area contributed by atoms with Crippen LogP contribution in [0.5, 0.6) is 0 Å². The number of anilines is 2. The second-order valence-electron chi connectivity index (χ2n) is 5.96. The van der Waals surface area contributed by atoms with Crippen LogP contribution in [0.4, 0.5) is 24.5 Å². The summed E-state index contributed by atoms with van der Waals surface area (Å²) in [4.78, 5) is 17.6. The first-order chi connectivity index (χ1) is 12.8. The molecule has 3 rings (SSSR count). The third-order valence-electron chi connectivity index (χ3n) is 3.76. The monoisotopic (exact) mass is 391 g/mol. The van der Waals surface area contributed by atoms with Gasteiger partial charge in [-0.15, -0.1) is 11.3 Å². The lowest BCUT2D eigenvalue weighted by molar-refractivity contribution is -0.140. The number of nitrogens with one attached hydrogen (secondary N) is 1. The second-order valence-corrected chi connectivity index (χ2v) is 6.96. The molecule has 1 aromatic heterocycles. The molecule has 0 radical (unpaired) electrons. The van der Waals surface area contributed by atoms with Crippen molar-refractivity contribution in [3.05, 3.63) is 65.2 Å². The summed E-state index contributed by atoms with van der Waals surface area (Å²) in [7, 11) is 3.73. The highest BCUT2D eigenvalue weighted by Gasteiger charge is 2.39. The van der Waals surface area contributed by atoms with Gasteiger partial charge in [-0.2, -0.15) is 13.2 Å². The van der Waals surface area contributed by atoms with Crippen LogP contribution in [0.1, 0.15) is 15.4 Å². The van der Waals surface area contributed by atoms with Crippen molar-refractivity contribution in [2.75, 3.05) is 24.3 Å². The van der Waals surface area contributed by atoms with Crippen molar-refractivity contribution in [3.8, 4) is 10.6 Å². The van der Waals surface area contributed by atoms with Crippen LogP contribution in [0.3, 0.4) is 0 Å². The normalized spacial score (nSPS) is 11.3. The van der Waals surface area contributed by atoms with Crippen LogP contribution in [0.2, 0.25) is 0 Å². The van der Waals surface area contributed by atoms with Crippen molar-refractivity contribution >= 4 is 28.6 Å². The third kappa shape index (κ3) is 4.28. The number of amides is 1. The van der Waals surface area contributed by atoms with Gasteiger partial charge in [0.05, 0.1) is 0 Å². The van der Waals surface area contributed by atoms with Crippen LogP contribution in [0.25, 0.3) is 10.6 Å². The van der Waals surface area contributed by atoms with Crippen LogP contribution < -0.4 is 10.2 Å². The zero-order chi connectivity index (χ0) is 19.6. The molecule has 1 N–H and O–H groups in total. The summed E-state index contributed by atoms with van der Waals surface area (Å²) in [5.74, 6) is -0.834. The Bertz CT molecular complexity index is 935. The number of nitrogens with zero attached hydrogens (tertiary/aromatic N) is 2. The summed E-state index contributed by atoms with van der Waals surface area (Å²) in [5.41, 5.74) is 0.678. The fraction of sp³-hybridized carbons (Fsp3) is 0.158. The number of alkyl halides is 3. The highest BCUT2D eigenvalue weighted by Crippen LogP contribution is 2.38. The smallest absolute Gasteiger partial charge is 0.378 e. The van der Waals surface area contributed by atoms with Crippen LogP contribution >= 0.6 is 11.3 Å². The molecule has 27 heavy (non-hydrogen) atoms. The summed E-state index contributed by atoms with van der Waals surface area (Å²) >= 11 is 0.723. The first-order valence-electron chi connectivity index (χ1n) is 7.98. The molecule has 0 aliphatic heterocycles. The van der Waals surface area contributed by atoms with Gasteiger partial charge in [-0.1, -0.05) is 30.3 Å². The van der Waals surface area contributed by atoms with E-state index in [9.17, 15) is 18.0 Å². The Labute approximate surface area is 158 Å². The lowest BCUT2D eigenvalue weighted by Crippen LogP contribution is -2.17. The summed E-state index contributed by atoms with van der Waals surface area (Å²) in [6, 6.07) is 15.3. The summed E-state index contributed by atoms with van der Waals surface area (Å²) in [6.07, 6.45) is -4.72. The molecule has 3 aromatic rings. The number of aromatic nitrogens is 1. The lowest BCUT2D eigenvalue weighted by Gasteiger charge is -2.13. The number of carbonyl (C=O) groups is 1. The quantitative estimate of drug-likeness (QED) is 0.669. The van der Waals surface area contributed by atoms with Gasteiger partial charge < -0.3 is 10.2 Å². The molecule has 0 saturated heterocycles. The summed E-state index contributed by atoms with van der Waals surface area (Å²) in [5, 5.41) is 2.66. The molecule has 0 saturated carbocycles.